The van der Waals surface area contributed by atoms with E-state index in [2.05, 4.69) is 54.5 Å². The lowest BCUT2D eigenvalue weighted by molar-refractivity contribution is -0.177. The lowest BCUT2D eigenvalue weighted by atomic mass is 9.40. The number of carbonyl (C=O) groups excluding carboxylic acids is 1. The summed E-state index contributed by atoms with van der Waals surface area (Å²) in [6.45, 7) is 17.0. The van der Waals surface area contributed by atoms with Gasteiger partial charge in [0.05, 0.1) is 5.92 Å². The van der Waals surface area contributed by atoms with Gasteiger partial charge in [0, 0.05) is 23.5 Å². The lowest BCUT2D eigenvalue weighted by Crippen LogP contribution is -2.59. The molecule has 4 fully saturated rings. The number of fused-ring (bicyclic) bond motifs is 5. The van der Waals surface area contributed by atoms with Crippen molar-refractivity contribution in [2.45, 2.75) is 113 Å². The third-order valence-corrected chi connectivity index (χ3v) is 13.0. The minimum atomic E-state index is -0.115. The zero-order chi connectivity index (χ0) is 29.0. The molecule has 0 radical (unpaired) electrons. The molecule has 9 atom stereocenters. The van der Waals surface area contributed by atoms with Crippen LogP contribution in [0.15, 0.2) is 29.8 Å². The first-order valence-electron chi connectivity index (χ1n) is 16.3. The number of hydrogen-bond donors (Lipinski definition) is 2. The summed E-state index contributed by atoms with van der Waals surface area (Å²) in [6.07, 6.45) is 15.2. The number of carbonyl (C=O) groups is 1. The second kappa shape index (κ2) is 10.7. The van der Waals surface area contributed by atoms with E-state index in [1.54, 1.807) is 18.2 Å². The van der Waals surface area contributed by atoms with Gasteiger partial charge in [0.1, 0.15) is 5.75 Å². The minimum Gasteiger partial charge on any atom is -0.426 e. The van der Waals surface area contributed by atoms with Crippen molar-refractivity contribution in [2.75, 3.05) is 11.5 Å². The number of rotatable bonds is 6. The summed E-state index contributed by atoms with van der Waals surface area (Å²) in [7, 11) is 0. The highest BCUT2D eigenvalue weighted by Gasteiger charge is 2.64. The molecule has 1 aromatic rings. The first-order chi connectivity index (χ1) is 18.8. The summed E-state index contributed by atoms with van der Waals surface area (Å²) in [6, 6.07) is 5.10. The number of ether oxygens (including phenoxy) is 1. The van der Waals surface area contributed by atoms with Crippen LogP contribution in [0, 0.1) is 57.7 Å². The maximum Gasteiger partial charge on any atom is 0.314 e. The van der Waals surface area contributed by atoms with Crippen molar-refractivity contribution in [1.29, 1.82) is 0 Å². The predicted molar refractivity (Wildman–Crippen MR) is 167 cm³/mol. The standard InChI is InChI=1S/C36H56N2O2/c1-22(2)9-8-10-23(3)28-12-13-29-27-11-14-32-34(4,5)31(33(39)40-26-20-24(37)19-25(38)21-26)16-18-36(32,7)30(27)15-17-35(28,29)6/h9,19-21,23,27-32H,8,10-18,37-38H2,1-7H3. The Morgan fingerprint density at radius 2 is 1.57 bits per heavy atom. The van der Waals surface area contributed by atoms with Crippen LogP contribution in [-0.2, 0) is 4.79 Å². The van der Waals surface area contributed by atoms with Crippen LogP contribution in [0.2, 0.25) is 0 Å². The zero-order valence-electron chi connectivity index (χ0n) is 26.4. The Hall–Kier alpha value is -1.97. The van der Waals surface area contributed by atoms with Gasteiger partial charge in [-0.15, -0.1) is 0 Å². The quantitative estimate of drug-likeness (QED) is 0.161. The van der Waals surface area contributed by atoms with E-state index >= 15 is 0 Å². The van der Waals surface area contributed by atoms with Crippen LogP contribution in [0.25, 0.3) is 0 Å². The number of nitrogen functional groups attached to an aromatic ring is 2. The van der Waals surface area contributed by atoms with E-state index in [-0.39, 0.29) is 17.3 Å². The van der Waals surface area contributed by atoms with E-state index in [1.807, 2.05) is 0 Å². The van der Waals surface area contributed by atoms with Gasteiger partial charge in [-0.1, -0.05) is 46.3 Å². The second-order valence-corrected chi connectivity index (χ2v) is 15.7. The number of allylic oxidation sites excluding steroid dienone is 2. The van der Waals surface area contributed by atoms with Gasteiger partial charge in [-0.05, 0) is 136 Å². The number of nitrogens with two attached hydrogens (primary N) is 2. The van der Waals surface area contributed by atoms with Gasteiger partial charge in [-0.3, -0.25) is 4.79 Å². The average molecular weight is 549 g/mol. The Labute approximate surface area is 244 Å². The topological polar surface area (TPSA) is 78.3 Å². The molecule has 5 rings (SSSR count). The van der Waals surface area contributed by atoms with E-state index in [9.17, 15) is 4.79 Å². The van der Waals surface area contributed by atoms with Crippen LogP contribution in [0.1, 0.15) is 113 Å². The molecule has 0 amide bonds. The van der Waals surface area contributed by atoms with Crippen LogP contribution < -0.4 is 16.2 Å². The van der Waals surface area contributed by atoms with Crippen LogP contribution in [-0.4, -0.2) is 5.97 Å². The fourth-order valence-corrected chi connectivity index (χ4v) is 11.2. The van der Waals surface area contributed by atoms with Gasteiger partial charge >= 0.3 is 5.97 Å². The smallest absolute Gasteiger partial charge is 0.314 e. The lowest BCUT2D eigenvalue weighted by Gasteiger charge is -2.65. The third-order valence-electron chi connectivity index (χ3n) is 13.0. The number of benzene rings is 1. The number of esters is 1. The largest absolute Gasteiger partial charge is 0.426 e. The molecular weight excluding hydrogens is 492 g/mol. The van der Waals surface area contributed by atoms with Crippen molar-refractivity contribution in [3.8, 4) is 5.75 Å². The van der Waals surface area contributed by atoms with Crippen molar-refractivity contribution < 1.29 is 9.53 Å². The molecule has 40 heavy (non-hydrogen) atoms. The van der Waals surface area contributed by atoms with Gasteiger partial charge in [0.2, 0.25) is 0 Å². The molecule has 4 aliphatic rings. The highest BCUT2D eigenvalue weighted by atomic mass is 16.5. The predicted octanol–water partition coefficient (Wildman–Crippen LogP) is 9.05. The fraction of sp³-hybridized carbons (Fsp3) is 0.750. The van der Waals surface area contributed by atoms with E-state index in [0.29, 0.717) is 33.9 Å². The van der Waals surface area contributed by atoms with Crippen LogP contribution in [0.4, 0.5) is 11.4 Å². The molecule has 0 aliphatic heterocycles. The Kier molecular flexibility index (Phi) is 7.90. The fourth-order valence-electron chi connectivity index (χ4n) is 11.2. The maximum absolute atomic E-state index is 13.6. The molecule has 0 heterocycles. The summed E-state index contributed by atoms with van der Waals surface area (Å²) in [5.41, 5.74) is 15.1. The molecule has 4 heteroatoms. The summed E-state index contributed by atoms with van der Waals surface area (Å²) in [4.78, 5) is 13.6. The normalized spacial score (nSPS) is 38.9. The summed E-state index contributed by atoms with van der Waals surface area (Å²) in [5.74, 6) is 4.99. The highest BCUT2D eigenvalue weighted by molar-refractivity contribution is 5.77. The molecule has 0 spiro atoms. The van der Waals surface area contributed by atoms with Crippen molar-refractivity contribution in [3.05, 3.63) is 29.8 Å². The Morgan fingerprint density at radius 3 is 2.25 bits per heavy atom. The molecule has 4 nitrogen and oxygen atoms in total. The molecule has 0 aromatic heterocycles. The maximum atomic E-state index is 13.6. The van der Waals surface area contributed by atoms with Crippen LogP contribution in [0.3, 0.4) is 0 Å². The Balaban J connectivity index is 1.30. The van der Waals surface area contributed by atoms with Crippen molar-refractivity contribution in [2.24, 2.45) is 57.7 Å². The second-order valence-electron chi connectivity index (χ2n) is 15.7. The molecular formula is C36H56N2O2. The van der Waals surface area contributed by atoms with Crippen molar-refractivity contribution in [3.63, 3.8) is 0 Å². The number of hydrogen-bond acceptors (Lipinski definition) is 4. The van der Waals surface area contributed by atoms with Crippen molar-refractivity contribution >= 4 is 17.3 Å². The molecule has 9 unspecified atom stereocenters. The minimum absolute atomic E-state index is 0.0979. The first-order valence-corrected chi connectivity index (χ1v) is 16.3. The molecule has 0 saturated heterocycles. The van der Waals surface area contributed by atoms with Gasteiger partial charge in [-0.25, -0.2) is 0 Å². The molecule has 0 bridgehead atoms. The molecule has 222 valence electrons. The van der Waals surface area contributed by atoms with Gasteiger partial charge in [-0.2, -0.15) is 0 Å². The van der Waals surface area contributed by atoms with E-state index in [0.717, 1.165) is 42.4 Å². The van der Waals surface area contributed by atoms with E-state index in [1.165, 1.54) is 56.9 Å². The Bertz CT molecular complexity index is 1120. The summed E-state index contributed by atoms with van der Waals surface area (Å²) >= 11 is 0. The average Bonchev–Trinajstić information content (AvgIpc) is 3.20. The van der Waals surface area contributed by atoms with E-state index < -0.39 is 0 Å². The number of anilines is 2. The third kappa shape index (κ3) is 5.00. The molecule has 4 aliphatic carbocycles. The monoisotopic (exact) mass is 548 g/mol. The summed E-state index contributed by atoms with van der Waals surface area (Å²) in [5, 5.41) is 0. The van der Waals surface area contributed by atoms with Crippen LogP contribution in [0.5, 0.6) is 5.75 Å². The van der Waals surface area contributed by atoms with E-state index in [4.69, 9.17) is 16.2 Å². The van der Waals surface area contributed by atoms with Crippen LogP contribution >= 0.6 is 0 Å². The summed E-state index contributed by atoms with van der Waals surface area (Å²) < 4.78 is 5.91. The van der Waals surface area contributed by atoms with Gasteiger partial charge in [0.15, 0.2) is 0 Å². The SMILES string of the molecule is CC(C)=CCCC(C)C1CCC2C3CCC4C(C)(C)C(C(=O)Oc5cc(N)cc(N)c5)CCC4(C)C3CCC12C. The zero-order valence-corrected chi connectivity index (χ0v) is 26.4. The molecule has 4 N–H and O–H groups in total. The van der Waals surface area contributed by atoms with Gasteiger partial charge in [0.25, 0.3) is 0 Å². The van der Waals surface area contributed by atoms with Crippen molar-refractivity contribution in [1.82, 2.24) is 0 Å². The van der Waals surface area contributed by atoms with Gasteiger partial charge < -0.3 is 16.2 Å². The first kappa shape index (κ1) is 29.5. The highest BCUT2D eigenvalue weighted by Crippen LogP contribution is 2.71. The Morgan fingerprint density at radius 1 is 0.925 bits per heavy atom. The molecule has 4 saturated carbocycles. The molecule has 1 aromatic carbocycles.